The van der Waals surface area contributed by atoms with E-state index in [1.807, 2.05) is 30.3 Å². The average molecular weight is 596 g/mol. The van der Waals surface area contributed by atoms with Crippen LogP contribution in [0.3, 0.4) is 0 Å². The quantitative estimate of drug-likeness (QED) is 0.369. The Morgan fingerprint density at radius 2 is 1.78 bits per heavy atom. The highest BCUT2D eigenvalue weighted by molar-refractivity contribution is 6.35. The van der Waals surface area contributed by atoms with Crippen molar-refractivity contribution in [2.24, 2.45) is 17.8 Å². The van der Waals surface area contributed by atoms with Crippen LogP contribution >= 0.6 is 23.2 Å². The highest BCUT2D eigenvalue weighted by atomic mass is 35.5. The first-order valence-corrected chi connectivity index (χ1v) is 15.2. The van der Waals surface area contributed by atoms with Gasteiger partial charge in [-0.05, 0) is 85.6 Å². The lowest BCUT2D eigenvalue weighted by atomic mass is 9.96. The number of piperidine rings is 1. The van der Waals surface area contributed by atoms with Crippen molar-refractivity contribution in [1.29, 1.82) is 0 Å². The van der Waals surface area contributed by atoms with Gasteiger partial charge in [0.05, 0.1) is 11.9 Å². The molecule has 2 N–H and O–H groups in total. The molecule has 3 aliphatic rings. The van der Waals surface area contributed by atoms with E-state index in [1.54, 1.807) is 19.2 Å². The average Bonchev–Trinajstić information content (AvgIpc) is 3.55. The van der Waals surface area contributed by atoms with Gasteiger partial charge in [0.2, 0.25) is 11.8 Å². The zero-order chi connectivity index (χ0) is 28.3. The summed E-state index contributed by atoms with van der Waals surface area (Å²) in [7, 11) is 0. The molecule has 5 heterocycles. The molecule has 1 aromatic carbocycles. The molecule has 41 heavy (non-hydrogen) atoms. The number of halogens is 2. The minimum atomic E-state index is 0.0335. The second kappa shape index (κ2) is 12.5. The molecule has 3 aliphatic heterocycles. The van der Waals surface area contributed by atoms with Crippen LogP contribution in [0.5, 0.6) is 11.6 Å². The topological polar surface area (TPSA) is 82.6 Å². The predicted octanol–water partition coefficient (Wildman–Crippen LogP) is 5.25. The molecule has 3 aromatic rings. The maximum atomic E-state index is 11.3. The number of ether oxygens (including phenoxy) is 1. The molecule has 3 fully saturated rings. The van der Waals surface area contributed by atoms with Gasteiger partial charge in [0.1, 0.15) is 11.6 Å². The maximum absolute atomic E-state index is 11.3. The summed E-state index contributed by atoms with van der Waals surface area (Å²) in [5.74, 6) is 4.11. The lowest BCUT2D eigenvalue weighted by Gasteiger charge is -2.32. The molecule has 0 spiro atoms. The van der Waals surface area contributed by atoms with Gasteiger partial charge in [0.15, 0.2) is 0 Å². The largest absolute Gasteiger partial charge is 0.437 e. The van der Waals surface area contributed by atoms with Crippen molar-refractivity contribution in [1.82, 2.24) is 25.5 Å². The maximum Gasteiger partial charge on any atom is 0.220 e. The van der Waals surface area contributed by atoms with Gasteiger partial charge < -0.3 is 20.3 Å². The normalized spacial score (nSPS) is 21.2. The second-order valence-corrected chi connectivity index (χ2v) is 12.4. The van der Waals surface area contributed by atoms with Crippen LogP contribution in [0.25, 0.3) is 11.3 Å². The monoisotopic (exact) mass is 594 g/mol. The van der Waals surface area contributed by atoms with Crippen molar-refractivity contribution in [2.75, 3.05) is 50.7 Å². The number of pyridine rings is 2. The molecule has 10 heteroatoms. The fraction of sp³-hybridized carbons (Fsp3) is 0.452. The number of carbonyl (C=O) groups is 1. The molecule has 2 aromatic heterocycles. The lowest BCUT2D eigenvalue weighted by molar-refractivity contribution is -0.119. The minimum absolute atomic E-state index is 0.0335. The Morgan fingerprint density at radius 1 is 1.05 bits per heavy atom. The van der Waals surface area contributed by atoms with Gasteiger partial charge in [0.25, 0.3) is 0 Å². The Morgan fingerprint density at radius 3 is 2.44 bits per heavy atom. The number of fused-ring (bicyclic) bond motifs is 1. The molecule has 0 aliphatic carbocycles. The van der Waals surface area contributed by atoms with Crippen LogP contribution in [-0.4, -0.2) is 66.6 Å². The molecule has 2 unspecified atom stereocenters. The van der Waals surface area contributed by atoms with Crippen LogP contribution in [0.2, 0.25) is 10.0 Å². The Kier molecular flexibility index (Phi) is 8.63. The Hall–Kier alpha value is -2.91. The van der Waals surface area contributed by atoms with E-state index in [9.17, 15) is 4.79 Å². The number of benzene rings is 1. The number of amides is 1. The summed E-state index contributed by atoms with van der Waals surface area (Å²) >= 11 is 12.7. The molecule has 0 radical (unpaired) electrons. The Bertz CT molecular complexity index is 1350. The van der Waals surface area contributed by atoms with E-state index in [1.165, 1.54) is 0 Å². The summed E-state index contributed by atoms with van der Waals surface area (Å²) in [6, 6.07) is 13.5. The fourth-order valence-electron chi connectivity index (χ4n) is 6.23. The van der Waals surface area contributed by atoms with Crippen LogP contribution in [-0.2, 0) is 11.3 Å². The van der Waals surface area contributed by atoms with Crippen LogP contribution in [0, 0.1) is 17.8 Å². The lowest BCUT2D eigenvalue weighted by Crippen LogP contribution is -2.37. The second-order valence-electron chi connectivity index (χ2n) is 11.6. The van der Waals surface area contributed by atoms with Crippen LogP contribution in [0.1, 0.15) is 25.3 Å². The number of hydrogen-bond acceptors (Lipinski definition) is 7. The zero-order valence-electron chi connectivity index (χ0n) is 23.3. The molecular formula is C31H36Cl2N6O2. The number of hydrogen-bond donors (Lipinski definition) is 2. The van der Waals surface area contributed by atoms with Crippen molar-refractivity contribution >= 4 is 34.9 Å². The van der Waals surface area contributed by atoms with E-state index < -0.39 is 0 Å². The number of anilines is 1. The summed E-state index contributed by atoms with van der Waals surface area (Å²) in [6.45, 7) is 9.33. The number of nitrogens with one attached hydrogen (secondary N) is 2. The standard InChI is InChI=1S/C31H36Cl2N6O2/c1-20(40)35-13-21-4-6-38(7-5-21)17-22-8-29(23-10-26(32)12-27(33)11-23)37-31(9-22)41-28-2-3-30(36-16-28)39-18-24-14-34-15-25(24)19-39/h2-3,8-12,16,21,24-25,34H,4-7,13-15,17-19H2,1H3,(H,35,40). The molecule has 1 amide bonds. The van der Waals surface area contributed by atoms with Gasteiger partial charge in [-0.2, -0.15) is 0 Å². The number of rotatable bonds is 8. The third-order valence-electron chi connectivity index (χ3n) is 8.43. The summed E-state index contributed by atoms with van der Waals surface area (Å²) in [4.78, 5) is 25.7. The first-order chi connectivity index (χ1) is 19.9. The van der Waals surface area contributed by atoms with Crippen LogP contribution < -0.4 is 20.3 Å². The van der Waals surface area contributed by atoms with Gasteiger partial charge in [-0.15, -0.1) is 0 Å². The van der Waals surface area contributed by atoms with E-state index in [2.05, 4.69) is 26.5 Å². The van der Waals surface area contributed by atoms with E-state index in [0.29, 0.717) is 39.4 Å². The minimum Gasteiger partial charge on any atom is -0.437 e. The number of carbonyl (C=O) groups excluding carboxylic acids is 1. The molecule has 216 valence electrons. The van der Waals surface area contributed by atoms with Crippen molar-refractivity contribution in [2.45, 2.75) is 26.3 Å². The number of likely N-dealkylation sites (tertiary alicyclic amines) is 1. The van der Waals surface area contributed by atoms with Gasteiger partial charge in [-0.25, -0.2) is 9.97 Å². The van der Waals surface area contributed by atoms with Crippen LogP contribution in [0.15, 0.2) is 48.7 Å². The van der Waals surface area contributed by atoms with Gasteiger partial charge in [0, 0.05) is 67.9 Å². The highest BCUT2D eigenvalue weighted by Gasteiger charge is 2.36. The molecule has 3 saturated heterocycles. The first kappa shape index (κ1) is 28.2. The van der Waals surface area contributed by atoms with Crippen molar-refractivity contribution < 1.29 is 9.53 Å². The van der Waals surface area contributed by atoms with E-state index >= 15 is 0 Å². The molecular weight excluding hydrogens is 559 g/mol. The summed E-state index contributed by atoms with van der Waals surface area (Å²) in [6.07, 6.45) is 3.89. The van der Waals surface area contributed by atoms with E-state index in [-0.39, 0.29) is 5.91 Å². The summed E-state index contributed by atoms with van der Waals surface area (Å²) in [5.41, 5.74) is 2.69. The van der Waals surface area contributed by atoms with Crippen LogP contribution in [0.4, 0.5) is 5.82 Å². The molecule has 8 nitrogen and oxygen atoms in total. The van der Waals surface area contributed by atoms with Crippen molar-refractivity contribution in [3.8, 4) is 22.9 Å². The Balaban J connectivity index is 1.18. The Labute approximate surface area is 251 Å². The number of aromatic nitrogens is 2. The zero-order valence-corrected chi connectivity index (χ0v) is 24.8. The fourth-order valence-corrected chi connectivity index (χ4v) is 6.76. The first-order valence-electron chi connectivity index (χ1n) is 14.4. The number of nitrogens with zero attached hydrogens (tertiary/aromatic N) is 4. The predicted molar refractivity (Wildman–Crippen MR) is 163 cm³/mol. The third kappa shape index (κ3) is 7.12. The van der Waals surface area contributed by atoms with E-state index in [4.69, 9.17) is 37.9 Å². The molecule has 0 bridgehead atoms. The van der Waals surface area contributed by atoms with Gasteiger partial charge >= 0.3 is 0 Å². The SMILES string of the molecule is CC(=O)NCC1CCN(Cc2cc(Oc3ccc(N4CC5CNCC5C4)nc3)nc(-c3cc(Cl)cc(Cl)c3)c2)CC1. The summed E-state index contributed by atoms with van der Waals surface area (Å²) in [5, 5.41) is 7.57. The summed E-state index contributed by atoms with van der Waals surface area (Å²) < 4.78 is 6.27. The smallest absolute Gasteiger partial charge is 0.220 e. The highest BCUT2D eigenvalue weighted by Crippen LogP contribution is 2.33. The van der Waals surface area contributed by atoms with Crippen molar-refractivity contribution in [3.05, 3.63) is 64.3 Å². The third-order valence-corrected chi connectivity index (χ3v) is 8.87. The van der Waals surface area contributed by atoms with Gasteiger partial charge in [-0.3, -0.25) is 9.69 Å². The van der Waals surface area contributed by atoms with Gasteiger partial charge in [-0.1, -0.05) is 23.2 Å². The van der Waals surface area contributed by atoms with E-state index in [0.717, 1.165) is 87.8 Å². The van der Waals surface area contributed by atoms with Crippen molar-refractivity contribution in [3.63, 3.8) is 0 Å². The molecule has 6 rings (SSSR count). The molecule has 2 atom stereocenters. The molecule has 0 saturated carbocycles.